The molecular formula is C22H33ClN2O6S2. The monoisotopic (exact) mass is 520 g/mol. The lowest BCUT2D eigenvalue weighted by Gasteiger charge is -2.41. The zero-order chi connectivity index (χ0) is 24.7. The molecule has 11 heteroatoms. The third-order valence-corrected chi connectivity index (χ3v) is 8.95. The van der Waals surface area contributed by atoms with Crippen LogP contribution < -0.4 is 4.72 Å². The maximum absolute atomic E-state index is 13.5. The molecule has 1 saturated heterocycles. The molecule has 1 aliphatic carbocycles. The molecule has 0 aromatic heterocycles. The zero-order valence-electron chi connectivity index (χ0n) is 19.6. The Morgan fingerprint density at radius 3 is 2.30 bits per heavy atom. The first-order valence-electron chi connectivity index (χ1n) is 11.1. The van der Waals surface area contributed by atoms with Crippen molar-refractivity contribution in [1.29, 1.82) is 0 Å². The number of carbonyl (C=O) groups excluding carboxylic acids is 1. The fourth-order valence-electron chi connectivity index (χ4n) is 4.23. The number of sulfonamides is 2. The first-order valence-corrected chi connectivity index (χ1v) is 14.8. The molecule has 1 N–H and O–H groups in total. The predicted octanol–water partition coefficient (Wildman–Crippen LogP) is 3.42. The van der Waals surface area contributed by atoms with E-state index in [4.69, 9.17) is 16.3 Å². The van der Waals surface area contributed by atoms with Crippen LogP contribution in [0.3, 0.4) is 0 Å². The second-order valence-electron chi connectivity index (χ2n) is 10.3. The van der Waals surface area contributed by atoms with Gasteiger partial charge in [0.05, 0.1) is 16.7 Å². The summed E-state index contributed by atoms with van der Waals surface area (Å²) in [4.78, 5) is 12.6. The molecule has 0 unspecified atom stereocenters. The zero-order valence-corrected chi connectivity index (χ0v) is 21.9. The van der Waals surface area contributed by atoms with Gasteiger partial charge >= 0.3 is 5.97 Å². The molecular weight excluding hydrogens is 488 g/mol. The van der Waals surface area contributed by atoms with Crippen molar-refractivity contribution in [1.82, 2.24) is 9.03 Å². The van der Waals surface area contributed by atoms with Crippen molar-refractivity contribution < 1.29 is 26.4 Å². The van der Waals surface area contributed by atoms with Gasteiger partial charge in [-0.15, -0.1) is 0 Å². The molecule has 0 bridgehead atoms. The van der Waals surface area contributed by atoms with Crippen LogP contribution in [0.15, 0.2) is 23.1 Å². The molecule has 1 saturated carbocycles. The highest BCUT2D eigenvalue weighted by molar-refractivity contribution is 7.89. The normalized spacial score (nSPS) is 19.9. The maximum atomic E-state index is 13.5. The van der Waals surface area contributed by atoms with Crippen molar-refractivity contribution in [2.75, 3.05) is 25.9 Å². The Labute approximate surface area is 202 Å². The number of piperidine rings is 1. The Bertz CT molecular complexity index is 1100. The van der Waals surface area contributed by atoms with Gasteiger partial charge in [-0.3, -0.25) is 0 Å². The van der Waals surface area contributed by atoms with Gasteiger partial charge in [0.1, 0.15) is 5.60 Å². The Morgan fingerprint density at radius 1 is 1.18 bits per heavy atom. The molecule has 1 heterocycles. The largest absolute Gasteiger partial charge is 0.456 e. The van der Waals surface area contributed by atoms with Crippen molar-refractivity contribution >= 4 is 37.6 Å². The van der Waals surface area contributed by atoms with E-state index in [1.54, 1.807) is 20.8 Å². The highest BCUT2D eigenvalue weighted by Crippen LogP contribution is 2.46. The predicted molar refractivity (Wildman–Crippen MR) is 127 cm³/mol. The molecule has 186 valence electrons. The number of carbonyl (C=O) groups is 1. The highest BCUT2D eigenvalue weighted by atomic mass is 35.5. The Balaban J connectivity index is 1.82. The number of halogens is 1. The number of ether oxygens (including phenoxy) is 1. The molecule has 3 rings (SSSR count). The van der Waals surface area contributed by atoms with Crippen LogP contribution in [0.1, 0.15) is 63.2 Å². The minimum Gasteiger partial charge on any atom is -0.456 e. The van der Waals surface area contributed by atoms with Crippen LogP contribution in [-0.2, 0) is 24.8 Å². The fourth-order valence-corrected chi connectivity index (χ4v) is 6.57. The first-order chi connectivity index (χ1) is 15.1. The van der Waals surface area contributed by atoms with Gasteiger partial charge in [0, 0.05) is 24.7 Å². The Morgan fingerprint density at radius 2 is 1.79 bits per heavy atom. The lowest BCUT2D eigenvalue weighted by Crippen LogP contribution is -2.48. The summed E-state index contributed by atoms with van der Waals surface area (Å²) in [6.07, 6.45) is 5.37. The number of esters is 1. The van der Waals surface area contributed by atoms with Crippen molar-refractivity contribution in [2.24, 2.45) is 11.3 Å². The van der Waals surface area contributed by atoms with E-state index in [1.165, 1.54) is 22.5 Å². The average Bonchev–Trinajstić information content (AvgIpc) is 3.48. The Hall–Kier alpha value is -1.20. The van der Waals surface area contributed by atoms with Crippen LogP contribution in [0.2, 0.25) is 5.02 Å². The van der Waals surface area contributed by atoms with Gasteiger partial charge in [0.25, 0.3) is 0 Å². The molecule has 0 radical (unpaired) electrons. The second-order valence-corrected chi connectivity index (χ2v) is 14.5. The summed E-state index contributed by atoms with van der Waals surface area (Å²) >= 11 is 6.06. The van der Waals surface area contributed by atoms with Crippen molar-refractivity contribution in [2.45, 2.75) is 63.4 Å². The third-order valence-electron chi connectivity index (χ3n) is 6.09. The van der Waals surface area contributed by atoms with Gasteiger partial charge in [-0.25, -0.2) is 26.4 Å². The minimum absolute atomic E-state index is 0.0917. The van der Waals surface area contributed by atoms with Crippen molar-refractivity contribution in [3.63, 3.8) is 0 Å². The summed E-state index contributed by atoms with van der Waals surface area (Å²) < 4.78 is 59.8. The summed E-state index contributed by atoms with van der Waals surface area (Å²) in [6, 6.07) is 4.10. The van der Waals surface area contributed by atoms with E-state index in [0.29, 0.717) is 25.3 Å². The molecule has 1 aromatic rings. The molecule has 1 aliphatic heterocycles. The van der Waals surface area contributed by atoms with Crippen LogP contribution in [0, 0.1) is 11.3 Å². The van der Waals surface area contributed by atoms with E-state index in [0.717, 1.165) is 25.5 Å². The second kappa shape index (κ2) is 9.45. The Kier molecular flexibility index (Phi) is 7.56. The van der Waals surface area contributed by atoms with E-state index >= 15 is 0 Å². The van der Waals surface area contributed by atoms with Gasteiger partial charge in [0.2, 0.25) is 20.0 Å². The summed E-state index contributed by atoms with van der Waals surface area (Å²) in [5.41, 5.74) is -1.16. The molecule has 1 aromatic carbocycles. The van der Waals surface area contributed by atoms with Crippen LogP contribution in [0.4, 0.5) is 0 Å². The van der Waals surface area contributed by atoms with Crippen molar-refractivity contribution in [3.8, 4) is 0 Å². The molecule has 2 fully saturated rings. The van der Waals surface area contributed by atoms with Gasteiger partial charge in [-0.2, -0.15) is 4.31 Å². The molecule has 0 atom stereocenters. The molecule has 0 spiro atoms. The highest BCUT2D eigenvalue weighted by Gasteiger charge is 2.43. The first kappa shape index (κ1) is 26.4. The number of rotatable bonds is 8. The SMILES string of the molecule is CC(C)(C)OC(=O)c1cc(Cl)ccc1S(=O)(=O)N1CCC(CNS(C)(=O)=O)(CC2CC2)CC1. The van der Waals surface area contributed by atoms with E-state index in [9.17, 15) is 21.6 Å². The topological polar surface area (TPSA) is 110 Å². The smallest absolute Gasteiger partial charge is 0.340 e. The van der Waals surface area contributed by atoms with E-state index in [2.05, 4.69) is 4.72 Å². The summed E-state index contributed by atoms with van der Waals surface area (Å²) in [7, 11) is -7.32. The summed E-state index contributed by atoms with van der Waals surface area (Å²) in [5, 5.41) is 0.240. The van der Waals surface area contributed by atoms with Gasteiger partial charge in [-0.1, -0.05) is 24.4 Å². The maximum Gasteiger partial charge on any atom is 0.340 e. The number of hydrogen-bond acceptors (Lipinski definition) is 6. The fraction of sp³-hybridized carbons (Fsp3) is 0.682. The third kappa shape index (κ3) is 7.14. The quantitative estimate of drug-likeness (QED) is 0.526. The van der Waals surface area contributed by atoms with Crippen molar-refractivity contribution in [3.05, 3.63) is 28.8 Å². The lowest BCUT2D eigenvalue weighted by atomic mass is 9.75. The average molecular weight is 521 g/mol. The van der Waals surface area contributed by atoms with Crippen LogP contribution in [-0.4, -0.2) is 58.6 Å². The number of nitrogens with zero attached hydrogens (tertiary/aromatic N) is 1. The van der Waals surface area contributed by atoms with E-state index in [-0.39, 0.29) is 34.0 Å². The number of hydrogen-bond donors (Lipinski definition) is 1. The van der Waals surface area contributed by atoms with Crippen LogP contribution in [0.25, 0.3) is 0 Å². The molecule has 33 heavy (non-hydrogen) atoms. The van der Waals surface area contributed by atoms with Gasteiger partial charge in [-0.05, 0) is 69.6 Å². The van der Waals surface area contributed by atoms with E-state index < -0.39 is 31.6 Å². The van der Waals surface area contributed by atoms with Gasteiger partial charge in [0.15, 0.2) is 0 Å². The summed E-state index contributed by atoms with van der Waals surface area (Å²) in [6.45, 7) is 5.92. The standard InChI is InChI=1S/C22H33ClN2O6S2/c1-21(2,3)31-20(26)18-13-17(23)7-8-19(18)33(29,30)25-11-9-22(10-12-25,14-16-5-6-16)15-24-32(4,27)28/h7-8,13,16,24H,5-6,9-12,14-15H2,1-4H3. The van der Waals surface area contributed by atoms with Gasteiger partial charge < -0.3 is 4.74 Å². The summed E-state index contributed by atoms with van der Waals surface area (Å²) in [5.74, 6) is -0.175. The molecule has 0 amide bonds. The lowest BCUT2D eigenvalue weighted by molar-refractivity contribution is 0.00647. The molecule has 8 nitrogen and oxygen atoms in total. The number of nitrogens with one attached hydrogen (secondary N) is 1. The van der Waals surface area contributed by atoms with Crippen LogP contribution in [0.5, 0.6) is 0 Å². The van der Waals surface area contributed by atoms with E-state index in [1.807, 2.05) is 0 Å². The van der Waals surface area contributed by atoms with Crippen LogP contribution >= 0.6 is 11.6 Å². The minimum atomic E-state index is -3.98. The molecule has 2 aliphatic rings. The number of benzene rings is 1.